The molecule has 0 aromatic heterocycles. The van der Waals surface area contributed by atoms with E-state index < -0.39 is 21.6 Å². The molecule has 8 nitrogen and oxygen atoms in total. The zero-order valence-corrected chi connectivity index (χ0v) is 14.4. The first-order chi connectivity index (χ1) is 11.0. The van der Waals surface area contributed by atoms with Crippen LogP contribution in [0.4, 0.5) is 0 Å². The van der Waals surface area contributed by atoms with E-state index in [0.717, 1.165) is 5.56 Å². The topological polar surface area (TPSA) is 148 Å². The standard InChI is InChI=1S/C9H10O4S.C6H14N4/c1-7-2-4-8(5-3-7)14(12,13)6-9(10)11;1-5(7)9-3-4-10-6(2)8/h2-5H,6H2,1H3,(H,10,11);9-10H,1-4,7-8H2. The van der Waals surface area contributed by atoms with Gasteiger partial charge < -0.3 is 27.2 Å². The minimum Gasteiger partial charge on any atom is -0.480 e. The van der Waals surface area contributed by atoms with E-state index in [1.807, 2.05) is 6.92 Å². The van der Waals surface area contributed by atoms with Gasteiger partial charge in [0.15, 0.2) is 15.6 Å². The summed E-state index contributed by atoms with van der Waals surface area (Å²) in [7, 11) is -3.68. The number of nitrogens with two attached hydrogens (primary N) is 2. The predicted octanol–water partition coefficient (Wildman–Crippen LogP) is -0.121. The van der Waals surface area contributed by atoms with E-state index in [1.165, 1.54) is 12.1 Å². The molecule has 1 aromatic rings. The van der Waals surface area contributed by atoms with Crippen molar-refractivity contribution in [2.75, 3.05) is 18.8 Å². The Morgan fingerprint density at radius 3 is 1.83 bits per heavy atom. The van der Waals surface area contributed by atoms with Crippen LogP contribution < -0.4 is 22.1 Å². The summed E-state index contributed by atoms with van der Waals surface area (Å²) in [4.78, 5) is 10.3. The SMILES string of the molecule is C=C(N)NCCNC(=C)N.Cc1ccc(S(=O)(=O)CC(=O)O)cc1. The van der Waals surface area contributed by atoms with Gasteiger partial charge in [0.25, 0.3) is 0 Å². The Balaban J connectivity index is 0.000000470. The molecule has 0 unspecified atom stereocenters. The molecule has 0 saturated carbocycles. The van der Waals surface area contributed by atoms with Gasteiger partial charge in [0.2, 0.25) is 0 Å². The third kappa shape index (κ3) is 10.1. The van der Waals surface area contributed by atoms with Crippen molar-refractivity contribution in [3.63, 3.8) is 0 Å². The number of carboxylic acid groups (broad SMARTS) is 1. The Bertz CT molecular complexity index is 653. The van der Waals surface area contributed by atoms with Crippen molar-refractivity contribution >= 4 is 15.8 Å². The zero-order chi connectivity index (χ0) is 18.8. The van der Waals surface area contributed by atoms with Crippen LogP contribution in [0.3, 0.4) is 0 Å². The van der Waals surface area contributed by atoms with Gasteiger partial charge in [-0.15, -0.1) is 0 Å². The van der Waals surface area contributed by atoms with Crippen LogP contribution in [0.5, 0.6) is 0 Å². The molecule has 0 bridgehead atoms. The number of carbonyl (C=O) groups is 1. The quantitative estimate of drug-likeness (QED) is 0.405. The number of aryl methyl sites for hydroxylation is 1. The highest BCUT2D eigenvalue weighted by Crippen LogP contribution is 2.11. The van der Waals surface area contributed by atoms with Gasteiger partial charge >= 0.3 is 5.97 Å². The molecule has 0 heterocycles. The molecule has 134 valence electrons. The van der Waals surface area contributed by atoms with Gasteiger partial charge in [-0.2, -0.15) is 0 Å². The number of hydrogen-bond donors (Lipinski definition) is 5. The molecule has 1 rings (SSSR count). The van der Waals surface area contributed by atoms with E-state index in [1.54, 1.807) is 12.1 Å². The van der Waals surface area contributed by atoms with Crippen molar-refractivity contribution < 1.29 is 18.3 Å². The first-order valence-electron chi connectivity index (χ1n) is 6.92. The second kappa shape index (κ2) is 10.2. The lowest BCUT2D eigenvalue weighted by atomic mass is 10.2. The highest BCUT2D eigenvalue weighted by Gasteiger charge is 2.17. The summed E-state index contributed by atoms with van der Waals surface area (Å²) in [5, 5.41) is 14.0. The molecule has 0 spiro atoms. The van der Waals surface area contributed by atoms with Crippen LogP contribution in [-0.2, 0) is 14.6 Å². The summed E-state index contributed by atoms with van der Waals surface area (Å²) in [6.45, 7) is 10.1. The number of aliphatic carboxylic acids is 1. The molecular formula is C15H24N4O4S. The van der Waals surface area contributed by atoms with Crippen LogP contribution in [0.1, 0.15) is 5.56 Å². The average Bonchev–Trinajstić information content (AvgIpc) is 2.43. The number of rotatable bonds is 8. The number of benzene rings is 1. The third-order valence-electron chi connectivity index (χ3n) is 2.52. The lowest BCUT2D eigenvalue weighted by Crippen LogP contribution is -2.30. The van der Waals surface area contributed by atoms with E-state index >= 15 is 0 Å². The lowest BCUT2D eigenvalue weighted by molar-refractivity contribution is -0.134. The van der Waals surface area contributed by atoms with Crippen LogP contribution >= 0.6 is 0 Å². The van der Waals surface area contributed by atoms with Crippen LogP contribution in [0.2, 0.25) is 0 Å². The van der Waals surface area contributed by atoms with E-state index in [2.05, 4.69) is 23.8 Å². The van der Waals surface area contributed by atoms with Crippen molar-refractivity contribution in [1.82, 2.24) is 10.6 Å². The van der Waals surface area contributed by atoms with Crippen LogP contribution in [0.25, 0.3) is 0 Å². The van der Waals surface area contributed by atoms with E-state index in [-0.39, 0.29) is 4.90 Å². The van der Waals surface area contributed by atoms with E-state index in [0.29, 0.717) is 24.7 Å². The summed E-state index contributed by atoms with van der Waals surface area (Å²) in [5.41, 5.74) is 11.4. The maximum Gasteiger partial charge on any atom is 0.319 e. The number of carboxylic acids is 1. The Hall–Kier alpha value is -2.68. The van der Waals surface area contributed by atoms with Crippen molar-refractivity contribution in [2.24, 2.45) is 11.5 Å². The highest BCUT2D eigenvalue weighted by atomic mass is 32.2. The monoisotopic (exact) mass is 356 g/mol. The molecule has 0 saturated heterocycles. The van der Waals surface area contributed by atoms with Gasteiger partial charge in [-0.25, -0.2) is 8.42 Å². The number of sulfone groups is 1. The maximum absolute atomic E-state index is 11.4. The largest absolute Gasteiger partial charge is 0.480 e. The van der Waals surface area contributed by atoms with Crippen molar-refractivity contribution in [3.8, 4) is 0 Å². The molecule has 0 fully saturated rings. The van der Waals surface area contributed by atoms with Crippen LogP contribution in [0.15, 0.2) is 54.0 Å². The molecule has 0 aliphatic carbocycles. The van der Waals surface area contributed by atoms with Gasteiger partial charge in [0, 0.05) is 13.1 Å². The van der Waals surface area contributed by atoms with Gasteiger partial charge in [0.1, 0.15) is 0 Å². The fourth-order valence-corrected chi connectivity index (χ4v) is 2.48. The van der Waals surface area contributed by atoms with Crippen molar-refractivity contribution in [2.45, 2.75) is 11.8 Å². The summed E-state index contributed by atoms with van der Waals surface area (Å²) in [6.07, 6.45) is 0. The maximum atomic E-state index is 11.4. The molecule has 0 amide bonds. The average molecular weight is 356 g/mol. The highest BCUT2D eigenvalue weighted by molar-refractivity contribution is 7.92. The normalized spacial score (nSPS) is 10.0. The Labute approximate surface area is 142 Å². The molecule has 1 aromatic carbocycles. The Morgan fingerprint density at radius 1 is 1.08 bits per heavy atom. The second-order valence-electron chi connectivity index (χ2n) is 4.87. The molecule has 24 heavy (non-hydrogen) atoms. The van der Waals surface area contributed by atoms with Crippen LogP contribution in [-0.4, -0.2) is 38.3 Å². The van der Waals surface area contributed by atoms with Gasteiger partial charge in [-0.05, 0) is 19.1 Å². The number of hydrogen-bond acceptors (Lipinski definition) is 7. The van der Waals surface area contributed by atoms with E-state index in [4.69, 9.17) is 16.6 Å². The van der Waals surface area contributed by atoms with Crippen molar-refractivity contribution in [3.05, 3.63) is 54.6 Å². The predicted molar refractivity (Wildman–Crippen MR) is 93.5 cm³/mol. The summed E-state index contributed by atoms with van der Waals surface area (Å²) in [6, 6.07) is 6.09. The zero-order valence-electron chi connectivity index (χ0n) is 13.6. The first kappa shape index (κ1) is 21.3. The van der Waals surface area contributed by atoms with E-state index in [9.17, 15) is 13.2 Å². The van der Waals surface area contributed by atoms with Crippen molar-refractivity contribution in [1.29, 1.82) is 0 Å². The minimum atomic E-state index is -3.68. The first-order valence-corrected chi connectivity index (χ1v) is 8.57. The molecule has 9 heteroatoms. The van der Waals surface area contributed by atoms with Gasteiger partial charge in [-0.1, -0.05) is 30.9 Å². The lowest BCUT2D eigenvalue weighted by Gasteiger charge is -2.06. The molecule has 0 aliphatic heterocycles. The summed E-state index contributed by atoms with van der Waals surface area (Å²) in [5.74, 6) is -1.28. The van der Waals surface area contributed by atoms with Gasteiger partial charge in [0.05, 0.1) is 16.5 Å². The Morgan fingerprint density at radius 2 is 1.50 bits per heavy atom. The molecule has 7 N–H and O–H groups in total. The molecule has 0 aliphatic rings. The smallest absolute Gasteiger partial charge is 0.319 e. The number of nitrogens with one attached hydrogen (secondary N) is 2. The summed E-state index contributed by atoms with van der Waals surface area (Å²) < 4.78 is 22.7. The van der Waals surface area contributed by atoms with Crippen LogP contribution in [0, 0.1) is 6.92 Å². The minimum absolute atomic E-state index is 0.0468. The molecule has 0 radical (unpaired) electrons. The Kier molecular flexibility index (Phi) is 9.03. The third-order valence-corrected chi connectivity index (χ3v) is 4.14. The molecule has 0 atom stereocenters. The fraction of sp³-hybridized carbons (Fsp3) is 0.267. The second-order valence-corrected chi connectivity index (χ2v) is 6.86. The summed E-state index contributed by atoms with van der Waals surface area (Å²) >= 11 is 0. The molecular weight excluding hydrogens is 332 g/mol. The van der Waals surface area contributed by atoms with Gasteiger partial charge in [-0.3, -0.25) is 4.79 Å². The fourth-order valence-electron chi connectivity index (χ4n) is 1.44.